The Balaban J connectivity index is 2.00. The molecule has 0 bridgehead atoms. The van der Waals surface area contributed by atoms with Crippen molar-refractivity contribution in [3.05, 3.63) is 52.3 Å². The number of benzene rings is 1. The fraction of sp³-hybridized carbons (Fsp3) is 0.231. The lowest BCUT2D eigenvalue weighted by atomic mass is 10.1. The van der Waals surface area contributed by atoms with E-state index in [2.05, 4.69) is 25.9 Å². The number of primary amides is 1. The summed E-state index contributed by atoms with van der Waals surface area (Å²) in [5, 5.41) is 4.20. The van der Waals surface area contributed by atoms with Gasteiger partial charge in [-0.3, -0.25) is 14.4 Å². The fourth-order valence-corrected chi connectivity index (χ4v) is 2.18. The van der Waals surface area contributed by atoms with E-state index in [4.69, 9.17) is 5.73 Å². The van der Waals surface area contributed by atoms with Gasteiger partial charge in [-0.1, -0.05) is 12.1 Å². The summed E-state index contributed by atoms with van der Waals surface area (Å²) in [6, 6.07) is 7.35. The summed E-state index contributed by atoms with van der Waals surface area (Å²) in [4.78, 5) is 13.2. The number of amides is 1. The van der Waals surface area contributed by atoms with Gasteiger partial charge in [0.1, 0.15) is 0 Å². The summed E-state index contributed by atoms with van der Waals surface area (Å²) in [7, 11) is 1.99. The van der Waals surface area contributed by atoms with Crippen molar-refractivity contribution in [3.8, 4) is 0 Å². The quantitative estimate of drug-likeness (QED) is 0.913. The number of hydrogen-bond acceptors (Lipinski definition) is 3. The molecule has 6 heteroatoms. The van der Waals surface area contributed by atoms with E-state index in [1.807, 2.05) is 36.1 Å². The van der Waals surface area contributed by atoms with Crippen LogP contribution in [0.4, 0.5) is 0 Å². The average Bonchev–Trinajstić information content (AvgIpc) is 2.74. The third-order valence-electron chi connectivity index (χ3n) is 2.65. The van der Waals surface area contributed by atoms with E-state index in [1.165, 1.54) is 0 Å². The monoisotopic (exact) mass is 322 g/mol. The zero-order valence-electron chi connectivity index (χ0n) is 10.6. The molecule has 2 N–H and O–H groups in total. The first kappa shape index (κ1) is 13.8. The van der Waals surface area contributed by atoms with Crippen LogP contribution in [0.1, 0.15) is 15.9 Å². The Morgan fingerprint density at radius 2 is 2.32 bits per heavy atom. The summed E-state index contributed by atoms with van der Waals surface area (Å²) < 4.78 is 2.79. The van der Waals surface area contributed by atoms with Crippen LogP contribution in [0.25, 0.3) is 0 Å². The number of aromatic nitrogens is 2. The molecular formula is C13H15BrN4O. The molecule has 0 saturated carbocycles. The van der Waals surface area contributed by atoms with Gasteiger partial charge in [0.2, 0.25) is 5.91 Å². The van der Waals surface area contributed by atoms with Gasteiger partial charge < -0.3 is 5.73 Å². The van der Waals surface area contributed by atoms with Crippen LogP contribution in [0, 0.1) is 0 Å². The fourth-order valence-electron chi connectivity index (χ4n) is 1.85. The van der Waals surface area contributed by atoms with E-state index in [0.717, 1.165) is 16.6 Å². The molecule has 2 rings (SSSR count). The summed E-state index contributed by atoms with van der Waals surface area (Å²) >= 11 is 3.36. The number of carbonyl (C=O) groups is 1. The Kier molecular flexibility index (Phi) is 4.34. The van der Waals surface area contributed by atoms with Crippen molar-refractivity contribution in [3.63, 3.8) is 0 Å². The number of hydrogen-bond donors (Lipinski definition) is 1. The molecule has 1 amide bonds. The molecular weight excluding hydrogens is 308 g/mol. The highest BCUT2D eigenvalue weighted by molar-refractivity contribution is 9.10. The van der Waals surface area contributed by atoms with Gasteiger partial charge in [0, 0.05) is 18.3 Å². The van der Waals surface area contributed by atoms with Gasteiger partial charge in [0.15, 0.2) is 0 Å². The van der Waals surface area contributed by atoms with E-state index in [0.29, 0.717) is 12.2 Å². The molecule has 2 aromatic rings. The predicted molar refractivity (Wildman–Crippen MR) is 76.4 cm³/mol. The first-order chi connectivity index (χ1) is 9.04. The van der Waals surface area contributed by atoms with E-state index in [9.17, 15) is 4.79 Å². The molecule has 100 valence electrons. The van der Waals surface area contributed by atoms with E-state index >= 15 is 0 Å². The lowest BCUT2D eigenvalue weighted by Crippen LogP contribution is -2.22. The van der Waals surface area contributed by atoms with Gasteiger partial charge >= 0.3 is 0 Å². The first-order valence-corrected chi connectivity index (χ1v) is 6.59. The second-order valence-corrected chi connectivity index (χ2v) is 5.33. The van der Waals surface area contributed by atoms with Crippen molar-refractivity contribution < 1.29 is 4.79 Å². The van der Waals surface area contributed by atoms with Crippen LogP contribution in [-0.2, 0) is 13.2 Å². The molecule has 0 aliphatic rings. The standard InChI is InChI=1S/C13H15BrN4O/c1-17(9-18-8-12(14)6-16-18)7-10-3-2-4-11(5-10)13(15)19/h2-6,8H,7,9H2,1H3,(H2,15,19). The maximum Gasteiger partial charge on any atom is 0.248 e. The molecule has 0 aliphatic heterocycles. The highest BCUT2D eigenvalue weighted by Gasteiger charge is 2.05. The Morgan fingerprint density at radius 1 is 1.53 bits per heavy atom. The van der Waals surface area contributed by atoms with Crippen LogP contribution in [-0.4, -0.2) is 27.6 Å². The summed E-state index contributed by atoms with van der Waals surface area (Å²) in [5.74, 6) is -0.402. The van der Waals surface area contributed by atoms with Crippen molar-refractivity contribution in [2.24, 2.45) is 5.73 Å². The van der Waals surface area contributed by atoms with Crippen LogP contribution < -0.4 is 5.73 Å². The molecule has 0 spiro atoms. The lowest BCUT2D eigenvalue weighted by Gasteiger charge is -2.16. The van der Waals surface area contributed by atoms with E-state index in [1.54, 1.807) is 12.3 Å². The second kappa shape index (κ2) is 5.99. The van der Waals surface area contributed by atoms with Gasteiger partial charge in [-0.2, -0.15) is 5.10 Å². The van der Waals surface area contributed by atoms with Crippen molar-refractivity contribution in [2.45, 2.75) is 13.2 Å². The maximum atomic E-state index is 11.1. The van der Waals surface area contributed by atoms with Gasteiger partial charge in [-0.25, -0.2) is 0 Å². The van der Waals surface area contributed by atoms with Gasteiger partial charge in [0.05, 0.1) is 17.3 Å². The number of carbonyl (C=O) groups excluding carboxylic acids is 1. The molecule has 1 heterocycles. The Hall–Kier alpha value is -1.66. The van der Waals surface area contributed by atoms with Gasteiger partial charge in [0.25, 0.3) is 0 Å². The number of halogens is 1. The third kappa shape index (κ3) is 3.90. The van der Waals surface area contributed by atoms with Crippen molar-refractivity contribution in [1.29, 1.82) is 0 Å². The van der Waals surface area contributed by atoms with Crippen molar-refractivity contribution in [2.75, 3.05) is 7.05 Å². The minimum absolute atomic E-state index is 0.402. The topological polar surface area (TPSA) is 64.2 Å². The molecule has 0 saturated heterocycles. The summed E-state index contributed by atoms with van der Waals surface area (Å²) in [6.45, 7) is 1.39. The Labute approximate surface area is 120 Å². The molecule has 0 unspecified atom stereocenters. The van der Waals surface area contributed by atoms with E-state index < -0.39 is 5.91 Å². The molecule has 1 aromatic carbocycles. The number of nitrogens with two attached hydrogens (primary N) is 1. The first-order valence-electron chi connectivity index (χ1n) is 5.80. The van der Waals surface area contributed by atoms with Crippen molar-refractivity contribution in [1.82, 2.24) is 14.7 Å². The van der Waals surface area contributed by atoms with Crippen molar-refractivity contribution >= 4 is 21.8 Å². The summed E-state index contributed by atoms with van der Waals surface area (Å²) in [5.41, 5.74) is 6.85. The Bertz CT molecular complexity index is 582. The minimum atomic E-state index is -0.402. The van der Waals surface area contributed by atoms with Crippen LogP contribution in [0.15, 0.2) is 41.1 Å². The normalized spacial score (nSPS) is 10.9. The SMILES string of the molecule is CN(Cc1cccc(C(N)=O)c1)Cn1cc(Br)cn1. The van der Waals surface area contributed by atoms with Crippen LogP contribution in [0.3, 0.4) is 0 Å². The second-order valence-electron chi connectivity index (χ2n) is 4.42. The zero-order valence-corrected chi connectivity index (χ0v) is 12.2. The van der Waals surface area contributed by atoms with Gasteiger partial charge in [-0.15, -0.1) is 0 Å². The third-order valence-corrected chi connectivity index (χ3v) is 3.06. The lowest BCUT2D eigenvalue weighted by molar-refractivity contribution is 0.1000. The highest BCUT2D eigenvalue weighted by atomic mass is 79.9. The predicted octanol–water partition coefficient (Wildman–Crippen LogP) is 1.83. The maximum absolute atomic E-state index is 11.1. The molecule has 19 heavy (non-hydrogen) atoms. The number of rotatable bonds is 5. The largest absolute Gasteiger partial charge is 0.366 e. The molecule has 0 aliphatic carbocycles. The van der Waals surface area contributed by atoms with E-state index in [-0.39, 0.29) is 0 Å². The molecule has 0 fully saturated rings. The molecule has 0 radical (unpaired) electrons. The zero-order chi connectivity index (χ0) is 13.8. The van der Waals surface area contributed by atoms with Crippen LogP contribution in [0.5, 0.6) is 0 Å². The average molecular weight is 323 g/mol. The number of nitrogens with zero attached hydrogens (tertiary/aromatic N) is 3. The van der Waals surface area contributed by atoms with Gasteiger partial charge in [-0.05, 0) is 40.7 Å². The minimum Gasteiger partial charge on any atom is -0.366 e. The molecule has 0 atom stereocenters. The van der Waals surface area contributed by atoms with Crippen LogP contribution >= 0.6 is 15.9 Å². The summed E-state index contributed by atoms with van der Waals surface area (Å²) in [6.07, 6.45) is 3.66. The highest BCUT2D eigenvalue weighted by Crippen LogP contribution is 2.10. The smallest absolute Gasteiger partial charge is 0.248 e. The Morgan fingerprint density at radius 3 is 2.95 bits per heavy atom. The molecule has 1 aromatic heterocycles. The van der Waals surface area contributed by atoms with Crippen LogP contribution in [0.2, 0.25) is 0 Å². The molecule has 5 nitrogen and oxygen atoms in total.